The minimum Gasteiger partial charge on any atom is -0.480 e. The molecule has 1 atom stereocenters. The van der Waals surface area contributed by atoms with E-state index in [1.54, 1.807) is 39.0 Å². The number of carboxylic acids is 1. The van der Waals surface area contributed by atoms with Crippen molar-refractivity contribution in [2.75, 3.05) is 0 Å². The van der Waals surface area contributed by atoms with Crippen molar-refractivity contribution in [2.45, 2.75) is 31.7 Å². The smallest absolute Gasteiger partial charge is 0.322 e. The lowest BCUT2D eigenvalue weighted by Gasteiger charge is -2.27. The van der Waals surface area contributed by atoms with E-state index >= 15 is 0 Å². The Balaban J connectivity index is 2.87. The summed E-state index contributed by atoms with van der Waals surface area (Å²) in [7, 11) is 0. The third-order valence-corrected chi connectivity index (χ3v) is 3.38. The summed E-state index contributed by atoms with van der Waals surface area (Å²) in [6.45, 7) is 5.37. The normalized spacial score (nSPS) is 13.0. The highest BCUT2D eigenvalue weighted by atomic mass is 32.2. The number of nitro benzene ring substituents is 1. The van der Waals surface area contributed by atoms with Crippen molar-refractivity contribution in [1.82, 2.24) is 4.72 Å². The van der Waals surface area contributed by atoms with Crippen LogP contribution < -0.4 is 4.72 Å². The summed E-state index contributed by atoms with van der Waals surface area (Å²) in [4.78, 5) is 21.9. The van der Waals surface area contributed by atoms with Crippen molar-refractivity contribution < 1.29 is 14.8 Å². The number of aliphatic carboxylic acids is 1. The standard InChI is InChI=1S/C12H16N2O4S/c1-12(2,3)10(11(15)16)13-19-9-7-5-4-6-8(9)14(17)18/h4-7,10,13H,1-3H3,(H,15,16)/t10-/m0/s1. The van der Waals surface area contributed by atoms with Crippen LogP contribution in [0.4, 0.5) is 5.69 Å². The number of carboxylic acid groups (broad SMARTS) is 1. The molecule has 0 saturated heterocycles. The molecule has 0 amide bonds. The van der Waals surface area contributed by atoms with Gasteiger partial charge in [-0.1, -0.05) is 32.9 Å². The van der Waals surface area contributed by atoms with Crippen molar-refractivity contribution in [3.8, 4) is 0 Å². The van der Waals surface area contributed by atoms with Gasteiger partial charge in [0.2, 0.25) is 0 Å². The summed E-state index contributed by atoms with van der Waals surface area (Å²) >= 11 is 0.966. The molecule has 0 radical (unpaired) electrons. The van der Waals surface area contributed by atoms with Gasteiger partial charge in [0.15, 0.2) is 0 Å². The lowest BCUT2D eigenvalue weighted by molar-refractivity contribution is -0.387. The summed E-state index contributed by atoms with van der Waals surface area (Å²) in [5, 5.41) is 20.0. The van der Waals surface area contributed by atoms with Gasteiger partial charge in [-0.05, 0) is 23.4 Å². The van der Waals surface area contributed by atoms with E-state index in [2.05, 4.69) is 4.72 Å². The minimum absolute atomic E-state index is 0.0435. The lowest BCUT2D eigenvalue weighted by Crippen LogP contribution is -2.43. The number of rotatable bonds is 5. The Morgan fingerprint density at radius 1 is 1.42 bits per heavy atom. The molecule has 104 valence electrons. The lowest BCUT2D eigenvalue weighted by atomic mass is 9.88. The van der Waals surface area contributed by atoms with Crippen molar-refractivity contribution in [2.24, 2.45) is 5.41 Å². The summed E-state index contributed by atoms with van der Waals surface area (Å²) < 4.78 is 2.78. The zero-order chi connectivity index (χ0) is 14.6. The molecule has 1 rings (SSSR count). The molecule has 0 aliphatic carbocycles. The molecule has 1 aromatic rings. The molecule has 0 aromatic heterocycles. The Labute approximate surface area is 115 Å². The second kappa shape index (κ2) is 6.03. The Bertz CT molecular complexity index is 485. The summed E-state index contributed by atoms with van der Waals surface area (Å²) in [5.41, 5.74) is -0.541. The number of benzene rings is 1. The maximum Gasteiger partial charge on any atom is 0.322 e. The van der Waals surface area contributed by atoms with Crippen LogP contribution in [-0.2, 0) is 4.79 Å². The first kappa shape index (κ1) is 15.5. The highest BCUT2D eigenvalue weighted by Crippen LogP contribution is 2.29. The third kappa shape index (κ3) is 4.22. The van der Waals surface area contributed by atoms with Gasteiger partial charge in [-0.2, -0.15) is 0 Å². The number of nitro groups is 1. The zero-order valence-electron chi connectivity index (χ0n) is 10.9. The van der Waals surface area contributed by atoms with E-state index in [1.165, 1.54) is 6.07 Å². The van der Waals surface area contributed by atoms with Gasteiger partial charge < -0.3 is 5.11 Å². The van der Waals surface area contributed by atoms with Crippen LogP contribution in [0.25, 0.3) is 0 Å². The van der Waals surface area contributed by atoms with Gasteiger partial charge >= 0.3 is 5.97 Å². The fourth-order valence-corrected chi connectivity index (χ4v) is 2.51. The minimum atomic E-state index is -0.987. The van der Waals surface area contributed by atoms with Gasteiger partial charge in [-0.3, -0.25) is 14.9 Å². The summed E-state index contributed by atoms with van der Waals surface area (Å²) in [5.74, 6) is -0.987. The first-order valence-corrected chi connectivity index (χ1v) is 6.43. The largest absolute Gasteiger partial charge is 0.480 e. The van der Waals surface area contributed by atoms with E-state index in [9.17, 15) is 14.9 Å². The fourth-order valence-electron chi connectivity index (χ4n) is 1.41. The molecule has 0 heterocycles. The van der Waals surface area contributed by atoms with Crippen molar-refractivity contribution in [3.05, 3.63) is 34.4 Å². The molecule has 0 spiro atoms. The first-order valence-electron chi connectivity index (χ1n) is 5.62. The number of hydrogen-bond acceptors (Lipinski definition) is 5. The molecule has 0 saturated carbocycles. The van der Waals surface area contributed by atoms with E-state index in [0.717, 1.165) is 11.9 Å². The van der Waals surface area contributed by atoms with Gasteiger partial charge in [0, 0.05) is 6.07 Å². The second-order valence-electron chi connectivity index (χ2n) is 5.08. The predicted octanol–water partition coefficient (Wildman–Crippen LogP) is 2.69. The second-order valence-corrected chi connectivity index (χ2v) is 5.96. The molecule has 19 heavy (non-hydrogen) atoms. The highest BCUT2D eigenvalue weighted by Gasteiger charge is 2.31. The molecule has 6 nitrogen and oxygen atoms in total. The monoisotopic (exact) mass is 284 g/mol. The third-order valence-electron chi connectivity index (χ3n) is 2.46. The number of nitrogens with one attached hydrogen (secondary N) is 1. The van der Waals surface area contributed by atoms with Crippen LogP contribution in [0.1, 0.15) is 20.8 Å². The topological polar surface area (TPSA) is 92.5 Å². The molecule has 2 N–H and O–H groups in total. The van der Waals surface area contributed by atoms with Gasteiger partial charge in [-0.15, -0.1) is 0 Å². The van der Waals surface area contributed by atoms with Crippen LogP contribution in [0.2, 0.25) is 0 Å². The predicted molar refractivity (Wildman–Crippen MR) is 73.0 cm³/mol. The van der Waals surface area contributed by atoms with E-state index in [-0.39, 0.29) is 5.69 Å². The van der Waals surface area contributed by atoms with Gasteiger partial charge in [0.1, 0.15) is 10.9 Å². The fraction of sp³-hybridized carbons (Fsp3) is 0.417. The SMILES string of the molecule is CC(C)(C)[C@@H](NSc1ccccc1[N+](=O)[O-])C(=O)O. The van der Waals surface area contributed by atoms with Gasteiger partial charge in [0.25, 0.3) is 5.69 Å². The number of carbonyl (C=O) groups is 1. The molecular weight excluding hydrogens is 268 g/mol. The van der Waals surface area contributed by atoms with Crippen LogP contribution in [0.15, 0.2) is 29.2 Å². The molecular formula is C12H16N2O4S. The summed E-state index contributed by atoms with van der Waals surface area (Å²) in [6, 6.07) is 5.40. The quantitative estimate of drug-likeness (QED) is 0.490. The number of para-hydroxylation sites is 1. The Kier molecular flexibility index (Phi) is 4.90. The molecule has 1 aromatic carbocycles. The Morgan fingerprint density at radius 2 is 2.00 bits per heavy atom. The van der Waals surface area contributed by atoms with Gasteiger partial charge in [0.05, 0.1) is 4.92 Å². The van der Waals surface area contributed by atoms with E-state index in [1.807, 2.05) is 0 Å². The van der Waals surface area contributed by atoms with E-state index < -0.39 is 22.3 Å². The molecule has 0 fully saturated rings. The van der Waals surface area contributed by atoms with Gasteiger partial charge in [-0.25, -0.2) is 4.72 Å². The molecule has 7 heteroatoms. The average Bonchev–Trinajstić information content (AvgIpc) is 2.27. The van der Waals surface area contributed by atoms with E-state index in [0.29, 0.717) is 4.90 Å². The van der Waals surface area contributed by atoms with Crippen molar-refractivity contribution in [1.29, 1.82) is 0 Å². The van der Waals surface area contributed by atoms with E-state index in [4.69, 9.17) is 5.11 Å². The van der Waals surface area contributed by atoms with Crippen LogP contribution in [0.3, 0.4) is 0 Å². The molecule has 0 unspecified atom stereocenters. The molecule has 0 aliphatic heterocycles. The average molecular weight is 284 g/mol. The van der Waals surface area contributed by atoms with Crippen LogP contribution in [-0.4, -0.2) is 22.0 Å². The first-order chi connectivity index (χ1) is 8.73. The highest BCUT2D eigenvalue weighted by molar-refractivity contribution is 7.97. The van der Waals surface area contributed by atoms with Crippen molar-refractivity contribution in [3.63, 3.8) is 0 Å². The Morgan fingerprint density at radius 3 is 2.47 bits per heavy atom. The molecule has 0 aliphatic rings. The van der Waals surface area contributed by atoms with Crippen LogP contribution in [0, 0.1) is 15.5 Å². The van der Waals surface area contributed by atoms with Crippen LogP contribution >= 0.6 is 11.9 Å². The maximum atomic E-state index is 11.2. The number of nitrogens with zero attached hydrogens (tertiary/aromatic N) is 1. The maximum absolute atomic E-state index is 11.2. The summed E-state index contributed by atoms with van der Waals surface area (Å²) in [6.07, 6.45) is 0. The Hall–Kier alpha value is -1.60. The number of hydrogen-bond donors (Lipinski definition) is 2. The van der Waals surface area contributed by atoms with Crippen molar-refractivity contribution >= 4 is 23.6 Å². The van der Waals surface area contributed by atoms with Crippen LogP contribution in [0.5, 0.6) is 0 Å². The molecule has 0 bridgehead atoms. The zero-order valence-corrected chi connectivity index (χ0v) is 11.7.